The SMILES string of the molecule is COc1cc(CC2(N)CC2)c(OC)cc1CF. The van der Waals surface area contributed by atoms with Gasteiger partial charge in [-0.25, -0.2) is 4.39 Å². The molecule has 0 unspecified atom stereocenters. The summed E-state index contributed by atoms with van der Waals surface area (Å²) in [5.41, 5.74) is 7.49. The smallest absolute Gasteiger partial charge is 0.125 e. The van der Waals surface area contributed by atoms with E-state index < -0.39 is 6.67 Å². The number of alkyl halides is 1. The third-order valence-electron chi connectivity index (χ3n) is 3.26. The molecule has 0 saturated heterocycles. The average Bonchev–Trinajstić information content (AvgIpc) is 3.06. The van der Waals surface area contributed by atoms with E-state index in [4.69, 9.17) is 15.2 Å². The van der Waals surface area contributed by atoms with Crippen molar-refractivity contribution in [1.29, 1.82) is 0 Å². The molecule has 0 radical (unpaired) electrons. The van der Waals surface area contributed by atoms with Crippen molar-refractivity contribution in [3.05, 3.63) is 23.3 Å². The third kappa shape index (κ3) is 2.52. The van der Waals surface area contributed by atoms with Crippen LogP contribution < -0.4 is 15.2 Å². The molecule has 1 aromatic carbocycles. The minimum Gasteiger partial charge on any atom is -0.496 e. The van der Waals surface area contributed by atoms with Gasteiger partial charge in [0.1, 0.15) is 18.2 Å². The Balaban J connectivity index is 2.35. The second-order valence-electron chi connectivity index (χ2n) is 4.65. The van der Waals surface area contributed by atoms with Crippen LogP contribution in [0.3, 0.4) is 0 Å². The molecule has 4 heteroatoms. The summed E-state index contributed by atoms with van der Waals surface area (Å²) in [5.74, 6) is 1.25. The molecule has 1 saturated carbocycles. The van der Waals surface area contributed by atoms with Crippen LogP contribution in [0.4, 0.5) is 4.39 Å². The number of halogens is 1. The van der Waals surface area contributed by atoms with Gasteiger partial charge in [-0.3, -0.25) is 0 Å². The standard InChI is InChI=1S/C13H18FNO2/c1-16-11-6-10(8-14)12(17-2)5-9(11)7-13(15)3-4-13/h5-6H,3-4,7-8,15H2,1-2H3. The lowest BCUT2D eigenvalue weighted by molar-refractivity contribution is 0.381. The molecule has 1 aliphatic carbocycles. The maximum atomic E-state index is 12.8. The molecule has 0 heterocycles. The van der Waals surface area contributed by atoms with Crippen molar-refractivity contribution < 1.29 is 13.9 Å². The molecule has 0 atom stereocenters. The normalized spacial score (nSPS) is 16.7. The van der Waals surface area contributed by atoms with E-state index in [0.717, 1.165) is 24.8 Å². The van der Waals surface area contributed by atoms with Crippen molar-refractivity contribution in [2.75, 3.05) is 14.2 Å². The van der Waals surface area contributed by atoms with E-state index in [1.54, 1.807) is 20.3 Å². The van der Waals surface area contributed by atoms with Crippen LogP contribution >= 0.6 is 0 Å². The van der Waals surface area contributed by atoms with Crippen LogP contribution in [0.1, 0.15) is 24.0 Å². The lowest BCUT2D eigenvalue weighted by atomic mass is 10.0. The van der Waals surface area contributed by atoms with Crippen LogP contribution in [0.5, 0.6) is 11.5 Å². The Bertz CT molecular complexity index is 416. The van der Waals surface area contributed by atoms with Gasteiger partial charge in [0.05, 0.1) is 14.2 Å². The van der Waals surface area contributed by atoms with Crippen molar-refractivity contribution in [1.82, 2.24) is 0 Å². The molecule has 0 aliphatic heterocycles. The van der Waals surface area contributed by atoms with Crippen LogP contribution in [-0.2, 0) is 13.1 Å². The average molecular weight is 239 g/mol. The monoisotopic (exact) mass is 239 g/mol. The molecular weight excluding hydrogens is 221 g/mol. The van der Waals surface area contributed by atoms with Gasteiger partial charge in [0.2, 0.25) is 0 Å². The van der Waals surface area contributed by atoms with Gasteiger partial charge in [0, 0.05) is 11.1 Å². The predicted octanol–water partition coefficient (Wildman–Crippen LogP) is 2.21. The molecule has 17 heavy (non-hydrogen) atoms. The summed E-state index contributed by atoms with van der Waals surface area (Å²) >= 11 is 0. The third-order valence-corrected chi connectivity index (χ3v) is 3.26. The minimum atomic E-state index is -0.562. The molecule has 2 rings (SSSR count). The predicted molar refractivity (Wildman–Crippen MR) is 64.2 cm³/mol. The molecule has 0 aromatic heterocycles. The maximum absolute atomic E-state index is 12.8. The van der Waals surface area contributed by atoms with Crippen LogP contribution in [0, 0.1) is 0 Å². The van der Waals surface area contributed by atoms with Gasteiger partial charge in [-0.15, -0.1) is 0 Å². The fraction of sp³-hybridized carbons (Fsp3) is 0.538. The highest BCUT2D eigenvalue weighted by Crippen LogP contribution is 2.39. The Morgan fingerprint density at radius 1 is 1.18 bits per heavy atom. The van der Waals surface area contributed by atoms with E-state index in [0.29, 0.717) is 17.1 Å². The fourth-order valence-electron chi connectivity index (χ4n) is 1.98. The van der Waals surface area contributed by atoms with E-state index in [1.807, 2.05) is 6.07 Å². The van der Waals surface area contributed by atoms with Gasteiger partial charge in [-0.05, 0) is 37.0 Å². The Morgan fingerprint density at radius 2 is 1.71 bits per heavy atom. The molecule has 1 aliphatic rings. The minimum absolute atomic E-state index is 0.102. The second kappa shape index (κ2) is 4.53. The summed E-state index contributed by atoms with van der Waals surface area (Å²) in [4.78, 5) is 0. The highest BCUT2D eigenvalue weighted by Gasteiger charge is 2.38. The first kappa shape index (κ1) is 12.2. The first-order valence-corrected chi connectivity index (χ1v) is 5.70. The Morgan fingerprint density at radius 3 is 2.18 bits per heavy atom. The Kier molecular flexibility index (Phi) is 3.24. The summed E-state index contributed by atoms with van der Waals surface area (Å²) in [5, 5.41) is 0. The van der Waals surface area contributed by atoms with Gasteiger partial charge in [-0.1, -0.05) is 0 Å². The summed E-state index contributed by atoms with van der Waals surface area (Å²) in [6, 6.07) is 3.53. The summed E-state index contributed by atoms with van der Waals surface area (Å²) < 4.78 is 23.3. The Hall–Kier alpha value is -1.29. The van der Waals surface area contributed by atoms with Crippen LogP contribution in [0.25, 0.3) is 0 Å². The molecular formula is C13H18FNO2. The topological polar surface area (TPSA) is 44.5 Å². The zero-order valence-electron chi connectivity index (χ0n) is 10.3. The molecule has 3 nitrogen and oxygen atoms in total. The van der Waals surface area contributed by atoms with Gasteiger partial charge in [0.25, 0.3) is 0 Å². The van der Waals surface area contributed by atoms with Crippen molar-refractivity contribution in [2.45, 2.75) is 31.5 Å². The lowest BCUT2D eigenvalue weighted by Gasteiger charge is -2.16. The number of hydrogen-bond donors (Lipinski definition) is 1. The van der Waals surface area contributed by atoms with Crippen molar-refractivity contribution in [2.24, 2.45) is 5.73 Å². The molecule has 0 amide bonds. The van der Waals surface area contributed by atoms with Crippen molar-refractivity contribution >= 4 is 0 Å². The number of hydrogen-bond acceptors (Lipinski definition) is 3. The van der Waals surface area contributed by atoms with Crippen molar-refractivity contribution in [3.63, 3.8) is 0 Å². The van der Waals surface area contributed by atoms with E-state index in [2.05, 4.69) is 0 Å². The molecule has 1 fully saturated rings. The van der Waals surface area contributed by atoms with E-state index >= 15 is 0 Å². The Labute approximate surface area is 101 Å². The molecule has 94 valence electrons. The molecule has 0 spiro atoms. The number of benzene rings is 1. The number of nitrogens with two attached hydrogens (primary N) is 1. The van der Waals surface area contributed by atoms with E-state index in [9.17, 15) is 4.39 Å². The quantitative estimate of drug-likeness (QED) is 0.856. The second-order valence-corrected chi connectivity index (χ2v) is 4.65. The zero-order chi connectivity index (χ0) is 12.5. The zero-order valence-corrected chi connectivity index (χ0v) is 10.3. The fourth-order valence-corrected chi connectivity index (χ4v) is 1.98. The van der Waals surface area contributed by atoms with Crippen LogP contribution in [-0.4, -0.2) is 19.8 Å². The number of ether oxygens (including phenoxy) is 2. The highest BCUT2D eigenvalue weighted by atomic mass is 19.1. The van der Waals surface area contributed by atoms with Crippen LogP contribution in [0.2, 0.25) is 0 Å². The highest BCUT2D eigenvalue weighted by molar-refractivity contribution is 5.47. The molecule has 0 bridgehead atoms. The lowest BCUT2D eigenvalue weighted by Crippen LogP contribution is -2.24. The van der Waals surface area contributed by atoms with Gasteiger partial charge in [0.15, 0.2) is 0 Å². The van der Waals surface area contributed by atoms with E-state index in [-0.39, 0.29) is 5.54 Å². The van der Waals surface area contributed by atoms with E-state index in [1.165, 1.54) is 0 Å². The number of rotatable bonds is 5. The van der Waals surface area contributed by atoms with Gasteiger partial charge in [-0.2, -0.15) is 0 Å². The molecule has 2 N–H and O–H groups in total. The summed E-state index contributed by atoms with van der Waals surface area (Å²) in [7, 11) is 3.13. The largest absolute Gasteiger partial charge is 0.496 e. The summed E-state index contributed by atoms with van der Waals surface area (Å²) in [6.07, 6.45) is 2.81. The molecule has 1 aromatic rings. The van der Waals surface area contributed by atoms with Crippen LogP contribution in [0.15, 0.2) is 12.1 Å². The summed E-state index contributed by atoms with van der Waals surface area (Å²) in [6.45, 7) is -0.562. The first-order valence-electron chi connectivity index (χ1n) is 5.70. The van der Waals surface area contributed by atoms with Gasteiger partial charge >= 0.3 is 0 Å². The van der Waals surface area contributed by atoms with Crippen molar-refractivity contribution in [3.8, 4) is 11.5 Å². The first-order chi connectivity index (χ1) is 8.11. The van der Waals surface area contributed by atoms with Gasteiger partial charge < -0.3 is 15.2 Å². The number of methoxy groups -OCH3 is 2. The maximum Gasteiger partial charge on any atom is 0.125 e.